The number of aryl methyl sites for hydroxylation is 1. The van der Waals surface area contributed by atoms with Gasteiger partial charge in [0.1, 0.15) is 5.65 Å². The lowest BCUT2D eigenvalue weighted by atomic mass is 10.3. The summed E-state index contributed by atoms with van der Waals surface area (Å²) >= 11 is 7.49. The molecule has 130 valence electrons. The van der Waals surface area contributed by atoms with E-state index < -0.39 is 0 Å². The molecule has 7 heteroatoms. The first-order valence-electron chi connectivity index (χ1n) is 8.01. The lowest BCUT2D eigenvalue weighted by Crippen LogP contribution is -2.15. The van der Waals surface area contributed by atoms with Crippen molar-refractivity contribution in [3.63, 3.8) is 0 Å². The summed E-state index contributed by atoms with van der Waals surface area (Å²) in [5, 5.41) is 1.53. The van der Waals surface area contributed by atoms with Gasteiger partial charge < -0.3 is 0 Å². The van der Waals surface area contributed by atoms with Crippen molar-refractivity contribution in [2.24, 2.45) is 0 Å². The Morgan fingerprint density at radius 2 is 1.92 bits per heavy atom. The van der Waals surface area contributed by atoms with Gasteiger partial charge in [0.05, 0.1) is 5.69 Å². The van der Waals surface area contributed by atoms with E-state index in [2.05, 4.69) is 9.97 Å². The monoisotopic (exact) mass is 382 g/mol. The van der Waals surface area contributed by atoms with Gasteiger partial charge in [-0.25, -0.2) is 9.97 Å². The van der Waals surface area contributed by atoms with Crippen LogP contribution < -0.4 is 5.56 Å². The van der Waals surface area contributed by atoms with Gasteiger partial charge in [-0.3, -0.25) is 13.8 Å². The Balaban J connectivity index is 1.60. The molecule has 4 rings (SSSR count). The Hall–Kier alpha value is -2.57. The van der Waals surface area contributed by atoms with E-state index in [1.807, 2.05) is 54.1 Å². The van der Waals surface area contributed by atoms with Crippen molar-refractivity contribution in [3.8, 4) is 5.69 Å². The Morgan fingerprint density at radius 3 is 2.73 bits per heavy atom. The standard InChI is InChI=1S/C19H15ClN4OS/c1-13-6-8-24-17(10-13)22-15(11-18(24)25)12-26-19-21-7-9-23(19)16-4-2-14(20)3-5-16/h2-11H,12H2,1H3. The molecule has 0 bridgehead atoms. The van der Waals surface area contributed by atoms with Gasteiger partial charge in [-0.15, -0.1) is 0 Å². The third-order valence-corrected chi connectivity index (χ3v) is 5.19. The van der Waals surface area contributed by atoms with E-state index in [-0.39, 0.29) is 5.56 Å². The van der Waals surface area contributed by atoms with E-state index in [0.717, 1.165) is 22.1 Å². The lowest BCUT2D eigenvalue weighted by molar-refractivity contribution is 0.893. The van der Waals surface area contributed by atoms with Gasteiger partial charge in [-0.1, -0.05) is 23.4 Å². The van der Waals surface area contributed by atoms with Crippen LogP contribution in [0.2, 0.25) is 5.02 Å². The van der Waals surface area contributed by atoms with Crippen LogP contribution in [0.15, 0.2) is 71.0 Å². The summed E-state index contributed by atoms with van der Waals surface area (Å²) in [6, 6.07) is 13.0. The van der Waals surface area contributed by atoms with E-state index in [0.29, 0.717) is 16.4 Å². The van der Waals surface area contributed by atoms with Crippen LogP contribution in [-0.2, 0) is 5.75 Å². The molecule has 3 aromatic heterocycles. The predicted molar refractivity (Wildman–Crippen MR) is 104 cm³/mol. The molecule has 4 aromatic rings. The third-order valence-electron chi connectivity index (χ3n) is 3.94. The fraction of sp³-hybridized carbons (Fsp3) is 0.105. The number of aromatic nitrogens is 4. The van der Waals surface area contributed by atoms with Crippen LogP contribution >= 0.6 is 23.4 Å². The number of benzene rings is 1. The van der Waals surface area contributed by atoms with E-state index >= 15 is 0 Å². The molecule has 0 atom stereocenters. The summed E-state index contributed by atoms with van der Waals surface area (Å²) in [6.07, 6.45) is 5.41. The molecule has 0 N–H and O–H groups in total. The summed E-state index contributed by atoms with van der Waals surface area (Å²) in [7, 11) is 0. The topological polar surface area (TPSA) is 52.2 Å². The molecule has 0 unspecified atom stereocenters. The summed E-state index contributed by atoms with van der Waals surface area (Å²) in [6.45, 7) is 1.98. The number of nitrogens with zero attached hydrogens (tertiary/aromatic N) is 4. The van der Waals surface area contributed by atoms with Crippen LogP contribution in [-0.4, -0.2) is 18.9 Å². The largest absolute Gasteiger partial charge is 0.295 e. The predicted octanol–water partition coefficient (Wildman–Crippen LogP) is 4.13. The molecule has 0 spiro atoms. The van der Waals surface area contributed by atoms with E-state index in [4.69, 9.17) is 11.6 Å². The molecule has 0 aliphatic heterocycles. The van der Waals surface area contributed by atoms with Crippen LogP contribution in [0.5, 0.6) is 0 Å². The number of imidazole rings is 1. The highest BCUT2D eigenvalue weighted by molar-refractivity contribution is 7.98. The number of fused-ring (bicyclic) bond motifs is 1. The van der Waals surface area contributed by atoms with Gasteiger partial charge in [0.25, 0.3) is 5.56 Å². The first kappa shape index (κ1) is 16.9. The Morgan fingerprint density at radius 1 is 1.12 bits per heavy atom. The first-order chi connectivity index (χ1) is 12.6. The fourth-order valence-electron chi connectivity index (χ4n) is 2.66. The fourth-order valence-corrected chi connectivity index (χ4v) is 3.65. The first-order valence-corrected chi connectivity index (χ1v) is 9.37. The second kappa shape index (κ2) is 6.97. The second-order valence-electron chi connectivity index (χ2n) is 5.86. The number of rotatable bonds is 4. The van der Waals surface area contributed by atoms with Crippen LogP contribution in [0.4, 0.5) is 0 Å². The molecular weight excluding hydrogens is 368 g/mol. The van der Waals surface area contributed by atoms with E-state index in [9.17, 15) is 4.79 Å². The van der Waals surface area contributed by atoms with Crippen molar-refractivity contribution < 1.29 is 0 Å². The van der Waals surface area contributed by atoms with Crippen molar-refractivity contribution in [1.82, 2.24) is 18.9 Å². The smallest absolute Gasteiger partial charge is 0.258 e. The van der Waals surface area contributed by atoms with Crippen LogP contribution in [0, 0.1) is 6.92 Å². The summed E-state index contributed by atoms with van der Waals surface area (Å²) < 4.78 is 3.54. The lowest BCUT2D eigenvalue weighted by Gasteiger charge is -2.08. The molecule has 0 amide bonds. The third kappa shape index (κ3) is 3.38. The second-order valence-corrected chi connectivity index (χ2v) is 7.24. The zero-order valence-electron chi connectivity index (χ0n) is 14.0. The zero-order chi connectivity index (χ0) is 18.1. The molecule has 0 saturated carbocycles. The maximum absolute atomic E-state index is 12.3. The molecule has 0 fully saturated rings. The Labute approximate surface area is 159 Å². The molecule has 0 aliphatic rings. The quantitative estimate of drug-likeness (QED) is 0.498. The minimum Gasteiger partial charge on any atom is -0.295 e. The summed E-state index contributed by atoms with van der Waals surface area (Å²) in [4.78, 5) is 21.3. The molecule has 0 radical (unpaired) electrons. The Bertz CT molecular complexity index is 1130. The van der Waals surface area contributed by atoms with E-state index in [1.54, 1.807) is 22.9 Å². The number of thioether (sulfide) groups is 1. The SMILES string of the molecule is Cc1ccn2c(=O)cc(CSc3nccn3-c3ccc(Cl)cc3)nc2c1. The molecule has 0 saturated heterocycles. The number of hydrogen-bond acceptors (Lipinski definition) is 4. The highest BCUT2D eigenvalue weighted by Gasteiger charge is 2.08. The molecule has 3 heterocycles. The molecule has 26 heavy (non-hydrogen) atoms. The molecule has 5 nitrogen and oxygen atoms in total. The minimum absolute atomic E-state index is 0.0772. The summed E-state index contributed by atoms with van der Waals surface area (Å²) in [5.74, 6) is 0.560. The minimum atomic E-state index is -0.0772. The Kier molecular flexibility index (Phi) is 4.53. The normalized spacial score (nSPS) is 11.2. The van der Waals surface area contributed by atoms with Gasteiger partial charge in [0.15, 0.2) is 5.16 Å². The van der Waals surface area contributed by atoms with Gasteiger partial charge in [0, 0.05) is 41.1 Å². The van der Waals surface area contributed by atoms with Crippen molar-refractivity contribution >= 4 is 29.0 Å². The van der Waals surface area contributed by atoms with Gasteiger partial charge in [-0.2, -0.15) is 0 Å². The molecule has 0 aliphatic carbocycles. The number of pyridine rings is 1. The van der Waals surface area contributed by atoms with Gasteiger partial charge in [-0.05, 0) is 48.9 Å². The molecular formula is C19H15ClN4OS. The highest BCUT2D eigenvalue weighted by atomic mass is 35.5. The van der Waals surface area contributed by atoms with Crippen molar-refractivity contribution in [2.75, 3.05) is 0 Å². The van der Waals surface area contributed by atoms with Crippen molar-refractivity contribution in [2.45, 2.75) is 17.8 Å². The van der Waals surface area contributed by atoms with Crippen molar-refractivity contribution in [1.29, 1.82) is 0 Å². The maximum Gasteiger partial charge on any atom is 0.258 e. The van der Waals surface area contributed by atoms with Gasteiger partial charge in [0.2, 0.25) is 0 Å². The number of halogens is 1. The summed E-state index contributed by atoms with van der Waals surface area (Å²) in [5.41, 5.74) is 3.37. The van der Waals surface area contributed by atoms with Crippen LogP contribution in [0.3, 0.4) is 0 Å². The molecule has 1 aromatic carbocycles. The van der Waals surface area contributed by atoms with Crippen LogP contribution in [0.25, 0.3) is 11.3 Å². The number of hydrogen-bond donors (Lipinski definition) is 0. The average molecular weight is 383 g/mol. The van der Waals surface area contributed by atoms with Gasteiger partial charge >= 0.3 is 0 Å². The highest BCUT2D eigenvalue weighted by Crippen LogP contribution is 2.24. The average Bonchev–Trinajstić information content (AvgIpc) is 3.09. The van der Waals surface area contributed by atoms with Crippen LogP contribution in [0.1, 0.15) is 11.3 Å². The van der Waals surface area contributed by atoms with E-state index in [1.165, 1.54) is 11.8 Å². The zero-order valence-corrected chi connectivity index (χ0v) is 15.5. The van der Waals surface area contributed by atoms with Crippen molar-refractivity contribution in [3.05, 3.63) is 87.7 Å². The maximum atomic E-state index is 12.3.